The number of non-ortho nitro benzene ring substituents is 1. The molecule has 7 heteroatoms. The van der Waals surface area contributed by atoms with Crippen molar-refractivity contribution in [3.8, 4) is 5.75 Å². The van der Waals surface area contributed by atoms with Crippen molar-refractivity contribution < 1.29 is 14.5 Å². The molecule has 0 spiro atoms. The van der Waals surface area contributed by atoms with Crippen LogP contribution in [0.3, 0.4) is 0 Å². The lowest BCUT2D eigenvalue weighted by molar-refractivity contribution is -0.384. The summed E-state index contributed by atoms with van der Waals surface area (Å²) < 4.78 is 5.57. The topological polar surface area (TPSA) is 93.8 Å². The van der Waals surface area contributed by atoms with Crippen LogP contribution in [0.5, 0.6) is 5.75 Å². The van der Waals surface area contributed by atoms with Crippen LogP contribution in [0.1, 0.15) is 22.3 Å². The maximum atomic E-state index is 11.8. The average molecular weight is 341 g/mol. The molecule has 0 bridgehead atoms. The van der Waals surface area contributed by atoms with E-state index in [2.05, 4.69) is 10.5 Å². The molecule has 25 heavy (non-hydrogen) atoms. The molecule has 2 rings (SSSR count). The number of nitro benzene ring substituents is 1. The molecule has 7 nitrogen and oxygen atoms in total. The van der Waals surface area contributed by atoms with Crippen LogP contribution in [-0.4, -0.2) is 23.7 Å². The fraction of sp³-hybridized carbons (Fsp3) is 0.222. The van der Waals surface area contributed by atoms with Crippen LogP contribution in [0.15, 0.2) is 41.5 Å². The first-order chi connectivity index (χ1) is 11.9. The number of amides is 1. The first kappa shape index (κ1) is 18.1. The molecule has 2 aromatic carbocycles. The maximum Gasteiger partial charge on any atom is 0.277 e. The van der Waals surface area contributed by atoms with Gasteiger partial charge in [0, 0.05) is 12.1 Å². The predicted octanol–water partition coefficient (Wildman–Crippen LogP) is 3.05. The lowest BCUT2D eigenvalue weighted by Gasteiger charge is -2.12. The molecule has 0 fully saturated rings. The summed E-state index contributed by atoms with van der Waals surface area (Å²) in [5.41, 5.74) is 6.08. The highest BCUT2D eigenvalue weighted by molar-refractivity contribution is 5.83. The highest BCUT2D eigenvalue weighted by Crippen LogP contribution is 2.24. The van der Waals surface area contributed by atoms with Crippen LogP contribution in [0.2, 0.25) is 0 Å². The molecule has 1 amide bonds. The van der Waals surface area contributed by atoms with Gasteiger partial charge in [-0.05, 0) is 49.6 Å². The van der Waals surface area contributed by atoms with Crippen molar-refractivity contribution in [1.29, 1.82) is 0 Å². The van der Waals surface area contributed by atoms with Gasteiger partial charge in [-0.2, -0.15) is 5.10 Å². The number of nitrogens with one attached hydrogen (secondary N) is 1. The fourth-order valence-electron chi connectivity index (χ4n) is 2.43. The van der Waals surface area contributed by atoms with Gasteiger partial charge in [-0.1, -0.05) is 17.7 Å². The van der Waals surface area contributed by atoms with E-state index in [4.69, 9.17) is 4.74 Å². The summed E-state index contributed by atoms with van der Waals surface area (Å²) in [6.07, 6.45) is 1.41. The second-order valence-corrected chi connectivity index (χ2v) is 5.66. The highest BCUT2D eigenvalue weighted by Gasteiger charge is 2.08. The van der Waals surface area contributed by atoms with Crippen LogP contribution in [0.25, 0.3) is 0 Å². The predicted molar refractivity (Wildman–Crippen MR) is 95.0 cm³/mol. The van der Waals surface area contributed by atoms with Crippen molar-refractivity contribution in [2.45, 2.75) is 20.8 Å². The summed E-state index contributed by atoms with van der Waals surface area (Å²) >= 11 is 0. The number of hydrogen-bond acceptors (Lipinski definition) is 5. The normalized spacial score (nSPS) is 10.7. The maximum absolute atomic E-state index is 11.8. The Kier molecular flexibility index (Phi) is 5.84. The summed E-state index contributed by atoms with van der Waals surface area (Å²) in [6.45, 7) is 5.71. The largest absolute Gasteiger partial charge is 0.483 e. The Labute approximate surface area is 145 Å². The molecule has 0 saturated carbocycles. The number of nitrogens with zero attached hydrogens (tertiary/aromatic N) is 2. The van der Waals surface area contributed by atoms with E-state index in [1.165, 1.54) is 18.3 Å². The van der Waals surface area contributed by atoms with Gasteiger partial charge in [0.05, 0.1) is 11.1 Å². The minimum absolute atomic E-state index is 0.00146. The molecule has 0 aliphatic rings. The Balaban J connectivity index is 1.87. The van der Waals surface area contributed by atoms with E-state index in [9.17, 15) is 14.9 Å². The zero-order valence-electron chi connectivity index (χ0n) is 14.3. The van der Waals surface area contributed by atoms with E-state index < -0.39 is 10.8 Å². The van der Waals surface area contributed by atoms with E-state index in [-0.39, 0.29) is 12.3 Å². The van der Waals surface area contributed by atoms with Gasteiger partial charge in [0.15, 0.2) is 6.61 Å². The van der Waals surface area contributed by atoms with Crippen molar-refractivity contribution >= 4 is 17.8 Å². The monoisotopic (exact) mass is 341 g/mol. The molecule has 130 valence electrons. The molecular formula is C18H19N3O4. The van der Waals surface area contributed by atoms with E-state index in [1.807, 2.05) is 32.9 Å². The third-order valence-electron chi connectivity index (χ3n) is 3.46. The van der Waals surface area contributed by atoms with Crippen molar-refractivity contribution in [3.05, 3.63) is 68.8 Å². The number of hydrazone groups is 1. The van der Waals surface area contributed by atoms with Crippen molar-refractivity contribution in [2.75, 3.05) is 6.61 Å². The number of aryl methyl sites for hydroxylation is 3. The molecule has 1 N–H and O–H groups in total. The summed E-state index contributed by atoms with van der Waals surface area (Å²) in [5, 5.41) is 14.4. The van der Waals surface area contributed by atoms with E-state index >= 15 is 0 Å². The molecule has 0 heterocycles. The Morgan fingerprint density at radius 2 is 1.80 bits per heavy atom. The van der Waals surface area contributed by atoms with E-state index in [0.717, 1.165) is 16.7 Å². The van der Waals surface area contributed by atoms with Gasteiger partial charge in [0.25, 0.3) is 11.6 Å². The number of rotatable bonds is 6. The Hall–Kier alpha value is -3.22. The second kappa shape index (κ2) is 8.05. The van der Waals surface area contributed by atoms with Crippen LogP contribution in [-0.2, 0) is 4.79 Å². The lowest BCUT2D eigenvalue weighted by Crippen LogP contribution is -2.25. The minimum Gasteiger partial charge on any atom is -0.483 e. The summed E-state index contributed by atoms with van der Waals surface area (Å²) in [7, 11) is 0. The number of benzene rings is 2. The second-order valence-electron chi connectivity index (χ2n) is 5.66. The minimum atomic E-state index is -0.477. The standard InChI is InChI=1S/C18H19N3O4/c1-12-8-13(2)18(14(3)9-12)25-11-17(22)20-19-10-15-4-6-16(7-5-15)21(23)24/h4-10H,11H2,1-3H3,(H,20,22). The number of ether oxygens (including phenoxy) is 1. The fourth-order valence-corrected chi connectivity index (χ4v) is 2.43. The molecule has 2 aromatic rings. The van der Waals surface area contributed by atoms with Crippen molar-refractivity contribution in [1.82, 2.24) is 5.43 Å². The summed E-state index contributed by atoms with van der Waals surface area (Å²) in [6, 6.07) is 9.82. The molecule has 0 aromatic heterocycles. The molecule has 0 saturated heterocycles. The third kappa shape index (κ3) is 5.13. The van der Waals surface area contributed by atoms with Crippen LogP contribution in [0, 0.1) is 30.9 Å². The van der Waals surface area contributed by atoms with Gasteiger partial charge in [0.2, 0.25) is 0 Å². The SMILES string of the molecule is Cc1cc(C)c(OCC(=O)NN=Cc2ccc([N+](=O)[O-])cc2)c(C)c1. The first-order valence-corrected chi connectivity index (χ1v) is 7.64. The zero-order chi connectivity index (χ0) is 18.4. The smallest absolute Gasteiger partial charge is 0.277 e. The molecule has 0 unspecified atom stereocenters. The Morgan fingerprint density at radius 1 is 1.20 bits per heavy atom. The van der Waals surface area contributed by atoms with Gasteiger partial charge < -0.3 is 4.74 Å². The van der Waals surface area contributed by atoms with Crippen molar-refractivity contribution in [2.24, 2.45) is 5.10 Å². The Bertz CT molecular complexity index is 791. The van der Waals surface area contributed by atoms with Crippen molar-refractivity contribution in [3.63, 3.8) is 0 Å². The van der Waals surface area contributed by atoms with Gasteiger partial charge in [-0.3, -0.25) is 14.9 Å². The first-order valence-electron chi connectivity index (χ1n) is 7.64. The molecule has 0 radical (unpaired) electrons. The third-order valence-corrected chi connectivity index (χ3v) is 3.46. The van der Waals surface area contributed by atoms with Crippen LogP contribution < -0.4 is 10.2 Å². The van der Waals surface area contributed by atoms with Gasteiger partial charge in [-0.25, -0.2) is 5.43 Å². The number of carbonyl (C=O) groups excluding carboxylic acids is 1. The highest BCUT2D eigenvalue weighted by atomic mass is 16.6. The summed E-state index contributed by atoms with van der Waals surface area (Å²) in [4.78, 5) is 21.9. The lowest BCUT2D eigenvalue weighted by atomic mass is 10.1. The van der Waals surface area contributed by atoms with E-state index in [1.54, 1.807) is 12.1 Å². The number of nitro groups is 1. The molecular weight excluding hydrogens is 322 g/mol. The Morgan fingerprint density at radius 3 is 2.36 bits per heavy atom. The quantitative estimate of drug-likeness (QED) is 0.496. The molecule has 0 atom stereocenters. The zero-order valence-corrected chi connectivity index (χ0v) is 14.3. The summed E-state index contributed by atoms with van der Waals surface area (Å²) in [5.74, 6) is 0.303. The van der Waals surface area contributed by atoms with Gasteiger partial charge in [0.1, 0.15) is 5.75 Å². The number of carbonyl (C=O) groups is 1. The van der Waals surface area contributed by atoms with Gasteiger partial charge >= 0.3 is 0 Å². The number of hydrogen-bond donors (Lipinski definition) is 1. The van der Waals surface area contributed by atoms with Crippen LogP contribution >= 0.6 is 0 Å². The average Bonchev–Trinajstić information content (AvgIpc) is 2.54. The van der Waals surface area contributed by atoms with Crippen LogP contribution in [0.4, 0.5) is 5.69 Å². The van der Waals surface area contributed by atoms with E-state index in [0.29, 0.717) is 11.3 Å². The molecule has 0 aliphatic carbocycles. The van der Waals surface area contributed by atoms with Gasteiger partial charge in [-0.15, -0.1) is 0 Å². The molecule has 0 aliphatic heterocycles.